The Balaban J connectivity index is 2.19. The summed E-state index contributed by atoms with van der Waals surface area (Å²) in [6, 6.07) is 11.4. The van der Waals surface area contributed by atoms with Crippen molar-refractivity contribution < 1.29 is 13.9 Å². The molecule has 0 radical (unpaired) electrons. The van der Waals surface area contributed by atoms with Gasteiger partial charge in [-0.05, 0) is 18.2 Å². The van der Waals surface area contributed by atoms with Crippen LogP contribution in [0.4, 0.5) is 10.1 Å². The highest BCUT2D eigenvalue weighted by molar-refractivity contribution is 5.55. The summed E-state index contributed by atoms with van der Waals surface area (Å²) in [6.07, 6.45) is 0. The van der Waals surface area contributed by atoms with Gasteiger partial charge in [-0.25, -0.2) is 4.39 Å². The van der Waals surface area contributed by atoms with Gasteiger partial charge in [-0.15, -0.1) is 0 Å². The molecule has 0 saturated heterocycles. The first-order valence-corrected chi connectivity index (χ1v) is 5.89. The number of nitrogens with two attached hydrogens (primary N) is 1. The Morgan fingerprint density at radius 2 is 2.10 bits per heavy atom. The van der Waals surface area contributed by atoms with Crippen LogP contribution < -0.4 is 15.2 Å². The highest BCUT2D eigenvalue weighted by Gasteiger charge is 2.09. The summed E-state index contributed by atoms with van der Waals surface area (Å²) < 4.78 is 24.4. The van der Waals surface area contributed by atoms with Crippen molar-refractivity contribution in [2.24, 2.45) is 0 Å². The van der Waals surface area contributed by atoms with Crippen molar-refractivity contribution in [3.8, 4) is 17.6 Å². The molecule has 2 aromatic rings. The molecular formula is C15H13FN2O2. The number of methoxy groups -OCH3 is 1. The summed E-state index contributed by atoms with van der Waals surface area (Å²) in [6.45, 7) is -0.0152. The smallest absolute Gasteiger partial charge is 0.147 e. The molecule has 102 valence electrons. The number of nitriles is 1. The van der Waals surface area contributed by atoms with E-state index in [0.29, 0.717) is 22.7 Å². The third-order valence-electron chi connectivity index (χ3n) is 2.80. The van der Waals surface area contributed by atoms with Gasteiger partial charge in [0.25, 0.3) is 0 Å². The molecule has 0 aliphatic carbocycles. The fraction of sp³-hybridized carbons (Fsp3) is 0.133. The van der Waals surface area contributed by atoms with Crippen LogP contribution in [0.1, 0.15) is 11.1 Å². The molecule has 0 spiro atoms. The van der Waals surface area contributed by atoms with Crippen molar-refractivity contribution in [2.45, 2.75) is 6.61 Å². The van der Waals surface area contributed by atoms with Gasteiger partial charge < -0.3 is 15.2 Å². The highest BCUT2D eigenvalue weighted by atomic mass is 19.1. The van der Waals surface area contributed by atoms with Crippen molar-refractivity contribution >= 4 is 5.69 Å². The number of nitrogen functional groups attached to an aromatic ring is 1. The van der Waals surface area contributed by atoms with Crippen molar-refractivity contribution in [2.75, 3.05) is 12.8 Å². The van der Waals surface area contributed by atoms with Gasteiger partial charge >= 0.3 is 0 Å². The molecule has 0 aromatic heterocycles. The molecule has 0 aliphatic heterocycles. The first-order chi connectivity index (χ1) is 9.65. The highest BCUT2D eigenvalue weighted by Crippen LogP contribution is 2.27. The molecule has 0 amide bonds. The number of ether oxygens (including phenoxy) is 2. The van der Waals surface area contributed by atoms with Crippen LogP contribution in [0, 0.1) is 17.1 Å². The van der Waals surface area contributed by atoms with Crippen LogP contribution in [0.15, 0.2) is 36.4 Å². The average molecular weight is 272 g/mol. The molecule has 0 aliphatic rings. The molecular weight excluding hydrogens is 259 g/mol. The molecule has 2 rings (SSSR count). The number of benzene rings is 2. The number of rotatable bonds is 4. The molecule has 0 atom stereocenters. The van der Waals surface area contributed by atoms with Gasteiger partial charge in [-0.2, -0.15) is 5.26 Å². The quantitative estimate of drug-likeness (QED) is 0.869. The Bertz CT molecular complexity index is 665. The van der Waals surface area contributed by atoms with E-state index in [1.807, 2.05) is 0 Å². The summed E-state index contributed by atoms with van der Waals surface area (Å²) in [5.41, 5.74) is 6.50. The van der Waals surface area contributed by atoms with Crippen molar-refractivity contribution in [3.63, 3.8) is 0 Å². The Morgan fingerprint density at radius 1 is 1.30 bits per heavy atom. The van der Waals surface area contributed by atoms with Crippen LogP contribution in [0.3, 0.4) is 0 Å². The zero-order valence-electron chi connectivity index (χ0n) is 10.9. The Hall–Kier alpha value is -2.74. The summed E-state index contributed by atoms with van der Waals surface area (Å²) >= 11 is 0. The number of nitrogens with zero attached hydrogens (tertiary/aromatic N) is 1. The van der Waals surface area contributed by atoms with E-state index in [1.54, 1.807) is 36.4 Å². The topological polar surface area (TPSA) is 68.3 Å². The van der Waals surface area contributed by atoms with Gasteiger partial charge in [0.15, 0.2) is 0 Å². The normalized spacial score (nSPS) is 9.85. The zero-order chi connectivity index (χ0) is 14.5. The molecule has 0 saturated carbocycles. The zero-order valence-corrected chi connectivity index (χ0v) is 10.9. The third-order valence-corrected chi connectivity index (χ3v) is 2.80. The van der Waals surface area contributed by atoms with E-state index in [4.69, 9.17) is 20.5 Å². The fourth-order valence-electron chi connectivity index (χ4n) is 1.70. The molecule has 0 bridgehead atoms. The second kappa shape index (κ2) is 5.93. The minimum Gasteiger partial charge on any atom is -0.497 e. The summed E-state index contributed by atoms with van der Waals surface area (Å²) in [5, 5.41) is 8.77. The second-order valence-electron chi connectivity index (χ2n) is 4.08. The molecule has 0 fully saturated rings. The monoisotopic (exact) mass is 272 g/mol. The van der Waals surface area contributed by atoms with E-state index >= 15 is 0 Å². The molecule has 2 N–H and O–H groups in total. The Labute approximate surface area is 116 Å². The Kier molecular flexibility index (Phi) is 4.06. The predicted molar refractivity (Wildman–Crippen MR) is 72.9 cm³/mol. The molecule has 2 aromatic carbocycles. The van der Waals surface area contributed by atoms with E-state index in [9.17, 15) is 4.39 Å². The lowest BCUT2D eigenvalue weighted by molar-refractivity contribution is 0.299. The van der Waals surface area contributed by atoms with Crippen LogP contribution in [0.25, 0.3) is 0 Å². The maximum atomic E-state index is 13.9. The van der Waals surface area contributed by atoms with Gasteiger partial charge in [0.2, 0.25) is 0 Å². The maximum Gasteiger partial charge on any atom is 0.147 e. The van der Waals surface area contributed by atoms with E-state index in [0.717, 1.165) is 0 Å². The van der Waals surface area contributed by atoms with E-state index in [-0.39, 0.29) is 12.2 Å². The van der Waals surface area contributed by atoms with Gasteiger partial charge in [-0.3, -0.25) is 0 Å². The lowest BCUT2D eigenvalue weighted by atomic mass is 10.1. The lowest BCUT2D eigenvalue weighted by Crippen LogP contribution is -2.02. The number of halogens is 1. The van der Waals surface area contributed by atoms with Crippen molar-refractivity contribution in [3.05, 3.63) is 53.3 Å². The van der Waals surface area contributed by atoms with E-state index in [1.165, 1.54) is 13.2 Å². The lowest BCUT2D eigenvalue weighted by Gasteiger charge is -2.11. The van der Waals surface area contributed by atoms with Gasteiger partial charge in [0.05, 0.1) is 18.4 Å². The SMILES string of the molecule is COc1ccc(N)c(OCc2cccc(C#N)c2F)c1. The van der Waals surface area contributed by atoms with E-state index < -0.39 is 5.82 Å². The van der Waals surface area contributed by atoms with Gasteiger partial charge in [0.1, 0.15) is 30.0 Å². The first-order valence-electron chi connectivity index (χ1n) is 5.89. The van der Waals surface area contributed by atoms with Crippen LogP contribution >= 0.6 is 0 Å². The largest absolute Gasteiger partial charge is 0.497 e. The van der Waals surface area contributed by atoms with Crippen molar-refractivity contribution in [1.29, 1.82) is 5.26 Å². The number of hydrogen-bond acceptors (Lipinski definition) is 4. The Morgan fingerprint density at radius 3 is 2.80 bits per heavy atom. The third kappa shape index (κ3) is 2.81. The molecule has 0 heterocycles. The van der Waals surface area contributed by atoms with Crippen LogP contribution in [-0.4, -0.2) is 7.11 Å². The molecule has 4 nitrogen and oxygen atoms in total. The standard InChI is InChI=1S/C15H13FN2O2/c1-19-12-5-6-13(18)14(7-12)20-9-11-4-2-3-10(8-17)15(11)16/h2-7H,9,18H2,1H3. The number of anilines is 1. The molecule has 5 heteroatoms. The first kappa shape index (κ1) is 13.7. The van der Waals surface area contributed by atoms with Crippen molar-refractivity contribution in [1.82, 2.24) is 0 Å². The van der Waals surface area contributed by atoms with Gasteiger partial charge in [0, 0.05) is 11.6 Å². The summed E-state index contributed by atoms with van der Waals surface area (Å²) in [7, 11) is 1.53. The summed E-state index contributed by atoms with van der Waals surface area (Å²) in [5.74, 6) is 0.433. The van der Waals surface area contributed by atoms with Crippen LogP contribution in [-0.2, 0) is 6.61 Å². The van der Waals surface area contributed by atoms with Gasteiger partial charge in [-0.1, -0.05) is 12.1 Å². The summed E-state index contributed by atoms with van der Waals surface area (Å²) in [4.78, 5) is 0. The predicted octanol–water partition coefficient (Wildman–Crippen LogP) is 2.87. The molecule has 20 heavy (non-hydrogen) atoms. The minimum absolute atomic E-state index is 0.00952. The van der Waals surface area contributed by atoms with Crippen LogP contribution in [0.2, 0.25) is 0 Å². The van der Waals surface area contributed by atoms with Crippen LogP contribution in [0.5, 0.6) is 11.5 Å². The minimum atomic E-state index is -0.573. The second-order valence-corrected chi connectivity index (χ2v) is 4.08. The van der Waals surface area contributed by atoms with E-state index in [2.05, 4.69) is 0 Å². The average Bonchev–Trinajstić information content (AvgIpc) is 2.47. The molecule has 0 unspecified atom stereocenters. The maximum absolute atomic E-state index is 13.9. The number of hydrogen-bond donors (Lipinski definition) is 1. The fourth-order valence-corrected chi connectivity index (χ4v) is 1.70.